The van der Waals surface area contributed by atoms with Gasteiger partial charge in [0.05, 0.1) is 19.3 Å². The second-order valence-corrected chi connectivity index (χ2v) is 6.20. The van der Waals surface area contributed by atoms with Crippen LogP contribution in [0.5, 0.6) is 23.0 Å². The van der Waals surface area contributed by atoms with Crippen LogP contribution in [-0.2, 0) is 9.53 Å². The monoisotopic (exact) mass is 401 g/mol. The Morgan fingerprint density at radius 2 is 1.86 bits per heavy atom. The van der Waals surface area contributed by atoms with Gasteiger partial charge >= 0.3 is 5.97 Å². The number of nitrogens with one attached hydrogen (secondary N) is 1. The molecule has 8 nitrogen and oxygen atoms in total. The molecule has 1 atom stereocenters. The molecule has 0 saturated heterocycles. The molecule has 1 amide bonds. The number of ether oxygens (including phenoxy) is 5. The molecule has 0 bridgehead atoms. The average molecular weight is 401 g/mol. The lowest BCUT2D eigenvalue weighted by Gasteiger charge is -2.21. The van der Waals surface area contributed by atoms with Gasteiger partial charge in [0, 0.05) is 5.69 Å². The summed E-state index contributed by atoms with van der Waals surface area (Å²) < 4.78 is 26.9. The number of benzene rings is 2. The molecule has 3 rings (SSSR count). The maximum absolute atomic E-state index is 12.5. The van der Waals surface area contributed by atoms with Gasteiger partial charge in [-0.3, -0.25) is 4.79 Å². The minimum absolute atomic E-state index is 0.201. The number of anilines is 1. The fourth-order valence-electron chi connectivity index (χ4n) is 2.72. The van der Waals surface area contributed by atoms with E-state index in [1.807, 2.05) is 6.92 Å². The Balaban J connectivity index is 1.64. The van der Waals surface area contributed by atoms with Crippen molar-refractivity contribution < 1.29 is 33.3 Å². The van der Waals surface area contributed by atoms with Crippen LogP contribution in [0.3, 0.4) is 0 Å². The van der Waals surface area contributed by atoms with E-state index in [0.717, 1.165) is 0 Å². The highest BCUT2D eigenvalue weighted by Gasteiger charge is 2.24. The normalized spacial score (nSPS) is 13.2. The molecule has 0 unspecified atom stereocenters. The van der Waals surface area contributed by atoms with Gasteiger partial charge in [0.25, 0.3) is 5.91 Å². The molecule has 29 heavy (non-hydrogen) atoms. The summed E-state index contributed by atoms with van der Waals surface area (Å²) in [6, 6.07) is 9.92. The van der Waals surface area contributed by atoms with Gasteiger partial charge in [-0.25, -0.2) is 4.79 Å². The highest BCUT2D eigenvalue weighted by atomic mass is 16.6. The van der Waals surface area contributed by atoms with Gasteiger partial charge in [-0.2, -0.15) is 0 Å². The number of fused-ring (bicyclic) bond motifs is 1. The molecule has 8 heteroatoms. The van der Waals surface area contributed by atoms with Gasteiger partial charge in [-0.05, 0) is 50.2 Å². The number of rotatable bonds is 7. The average Bonchev–Trinajstić information content (AvgIpc) is 2.74. The van der Waals surface area contributed by atoms with Crippen molar-refractivity contribution in [1.29, 1.82) is 0 Å². The Labute approximate surface area is 168 Å². The zero-order valence-corrected chi connectivity index (χ0v) is 16.5. The van der Waals surface area contributed by atoms with E-state index in [9.17, 15) is 9.59 Å². The highest BCUT2D eigenvalue weighted by molar-refractivity contribution is 5.97. The molecule has 1 heterocycles. The topological polar surface area (TPSA) is 92.3 Å². The van der Waals surface area contributed by atoms with Crippen molar-refractivity contribution >= 4 is 17.6 Å². The predicted molar refractivity (Wildman–Crippen MR) is 105 cm³/mol. The van der Waals surface area contributed by atoms with Crippen LogP contribution in [0, 0.1) is 0 Å². The van der Waals surface area contributed by atoms with Crippen molar-refractivity contribution in [3.63, 3.8) is 0 Å². The van der Waals surface area contributed by atoms with Gasteiger partial charge in [0.2, 0.25) is 5.75 Å². The van der Waals surface area contributed by atoms with Crippen molar-refractivity contribution in [3.8, 4) is 23.0 Å². The second-order valence-electron chi connectivity index (χ2n) is 6.20. The van der Waals surface area contributed by atoms with Crippen LogP contribution in [0.15, 0.2) is 36.4 Å². The van der Waals surface area contributed by atoms with E-state index in [-0.39, 0.29) is 5.56 Å². The van der Waals surface area contributed by atoms with Crippen LogP contribution in [0.4, 0.5) is 5.69 Å². The summed E-state index contributed by atoms with van der Waals surface area (Å²) in [7, 11) is 1.47. The first kappa shape index (κ1) is 20.3. The summed E-state index contributed by atoms with van der Waals surface area (Å²) in [5, 5.41) is 2.70. The Kier molecular flexibility index (Phi) is 6.43. The third-order valence-corrected chi connectivity index (χ3v) is 4.15. The summed E-state index contributed by atoms with van der Waals surface area (Å²) in [6.07, 6.45) is -1.01. The van der Waals surface area contributed by atoms with Crippen LogP contribution in [0.25, 0.3) is 0 Å². The van der Waals surface area contributed by atoms with Gasteiger partial charge < -0.3 is 29.0 Å². The smallest absolute Gasteiger partial charge is 0.339 e. The molecular formula is C21H23NO7. The maximum Gasteiger partial charge on any atom is 0.339 e. The van der Waals surface area contributed by atoms with Crippen LogP contribution in [-0.4, -0.2) is 44.9 Å². The third-order valence-electron chi connectivity index (χ3n) is 4.15. The number of hydrogen-bond acceptors (Lipinski definition) is 7. The van der Waals surface area contributed by atoms with Crippen molar-refractivity contribution in [2.24, 2.45) is 0 Å². The third kappa shape index (κ3) is 4.90. The first-order chi connectivity index (χ1) is 14.0. The van der Waals surface area contributed by atoms with E-state index >= 15 is 0 Å². The van der Waals surface area contributed by atoms with E-state index in [1.165, 1.54) is 26.2 Å². The molecule has 0 saturated carbocycles. The van der Waals surface area contributed by atoms with Crippen molar-refractivity contribution in [1.82, 2.24) is 0 Å². The molecule has 1 aliphatic heterocycles. The summed E-state index contributed by atoms with van der Waals surface area (Å²) in [5.41, 5.74) is 0.772. The lowest BCUT2D eigenvalue weighted by molar-refractivity contribution is -0.123. The molecule has 0 fully saturated rings. The van der Waals surface area contributed by atoms with Gasteiger partial charge in [-0.1, -0.05) is 0 Å². The van der Waals surface area contributed by atoms with E-state index in [1.54, 1.807) is 24.3 Å². The quantitative estimate of drug-likeness (QED) is 0.713. The highest BCUT2D eigenvalue weighted by Crippen LogP contribution is 2.40. The molecule has 1 aliphatic rings. The number of amides is 1. The summed E-state index contributed by atoms with van der Waals surface area (Å²) >= 11 is 0. The molecule has 2 aromatic rings. The standard InChI is InChI=1S/C21H23NO7/c1-4-26-16-7-5-15(6-8-16)22-20(23)13(2)29-21(24)14-11-17(25-3)19-18(12-14)27-9-10-28-19/h5-8,11-13H,4,9-10H2,1-3H3,(H,22,23)/t13-/m0/s1. The zero-order chi connectivity index (χ0) is 20.8. The number of carbonyl (C=O) groups is 2. The van der Waals surface area contributed by atoms with E-state index in [4.69, 9.17) is 23.7 Å². The maximum atomic E-state index is 12.5. The zero-order valence-electron chi connectivity index (χ0n) is 16.5. The van der Waals surface area contributed by atoms with Crippen LogP contribution in [0.1, 0.15) is 24.2 Å². The van der Waals surface area contributed by atoms with Crippen molar-refractivity contribution in [2.45, 2.75) is 20.0 Å². The predicted octanol–water partition coefficient (Wildman–Crippen LogP) is 3.05. The number of hydrogen-bond donors (Lipinski definition) is 1. The molecular weight excluding hydrogens is 378 g/mol. The molecule has 0 spiro atoms. The van der Waals surface area contributed by atoms with E-state index in [2.05, 4.69) is 5.32 Å². The fraction of sp³-hybridized carbons (Fsp3) is 0.333. The molecule has 2 aromatic carbocycles. The first-order valence-corrected chi connectivity index (χ1v) is 9.24. The SMILES string of the molecule is CCOc1ccc(NC(=O)[C@H](C)OC(=O)c2cc(OC)c3c(c2)OCCO3)cc1. The molecule has 0 aliphatic carbocycles. The lowest BCUT2D eigenvalue weighted by Crippen LogP contribution is -2.30. The Morgan fingerprint density at radius 3 is 2.55 bits per heavy atom. The fourth-order valence-corrected chi connectivity index (χ4v) is 2.72. The Bertz CT molecular complexity index is 862. The van der Waals surface area contributed by atoms with Crippen molar-refractivity contribution in [2.75, 3.05) is 32.2 Å². The summed E-state index contributed by atoms with van der Waals surface area (Å²) in [4.78, 5) is 24.9. The van der Waals surface area contributed by atoms with Gasteiger partial charge in [0.1, 0.15) is 19.0 Å². The van der Waals surface area contributed by atoms with Crippen LogP contribution < -0.4 is 24.3 Å². The van der Waals surface area contributed by atoms with Gasteiger partial charge in [-0.15, -0.1) is 0 Å². The molecule has 0 radical (unpaired) electrons. The van der Waals surface area contributed by atoms with Crippen LogP contribution >= 0.6 is 0 Å². The minimum Gasteiger partial charge on any atom is -0.494 e. The largest absolute Gasteiger partial charge is 0.494 e. The van der Waals surface area contributed by atoms with Crippen LogP contribution in [0.2, 0.25) is 0 Å². The first-order valence-electron chi connectivity index (χ1n) is 9.24. The molecule has 0 aromatic heterocycles. The summed E-state index contributed by atoms with van der Waals surface area (Å²) in [5.74, 6) is 0.783. The Hall–Kier alpha value is -3.42. The van der Waals surface area contributed by atoms with E-state index in [0.29, 0.717) is 48.5 Å². The summed E-state index contributed by atoms with van der Waals surface area (Å²) in [6.45, 7) is 4.72. The van der Waals surface area contributed by atoms with Gasteiger partial charge in [0.15, 0.2) is 17.6 Å². The second kappa shape index (κ2) is 9.18. The Morgan fingerprint density at radius 1 is 1.14 bits per heavy atom. The number of methoxy groups -OCH3 is 1. The molecule has 1 N–H and O–H groups in total. The molecule has 154 valence electrons. The minimum atomic E-state index is -1.01. The van der Waals surface area contributed by atoms with E-state index < -0.39 is 18.0 Å². The number of carbonyl (C=O) groups excluding carboxylic acids is 2. The lowest BCUT2D eigenvalue weighted by atomic mass is 10.1. The van der Waals surface area contributed by atoms with Crippen molar-refractivity contribution in [3.05, 3.63) is 42.0 Å². The number of esters is 1.